The summed E-state index contributed by atoms with van der Waals surface area (Å²) in [6.45, 7) is 4.72. The van der Waals surface area contributed by atoms with Crippen molar-refractivity contribution < 1.29 is 9.90 Å². The summed E-state index contributed by atoms with van der Waals surface area (Å²) in [6, 6.07) is 7.74. The van der Waals surface area contributed by atoms with Crippen molar-refractivity contribution in [2.24, 2.45) is 5.41 Å². The van der Waals surface area contributed by atoms with Crippen LogP contribution in [-0.2, 0) is 4.79 Å². The summed E-state index contributed by atoms with van der Waals surface area (Å²) in [5.74, 6) is -0.119. The van der Waals surface area contributed by atoms with Crippen molar-refractivity contribution in [3.8, 4) is 0 Å². The van der Waals surface area contributed by atoms with Crippen LogP contribution in [0.15, 0.2) is 34.8 Å². The third kappa shape index (κ3) is 6.55. The van der Waals surface area contributed by atoms with Gasteiger partial charge in [0.2, 0.25) is 5.91 Å². The van der Waals surface area contributed by atoms with Crippen molar-refractivity contribution >= 4 is 27.9 Å². The second kappa shape index (κ2) is 7.46. The standard InChI is InChI=1S/C15H20BrNO2/c1-15(2,8-9-18)11-17-14(19)7-6-12-4-3-5-13(16)10-12/h3-7,10,18H,8-9,11H2,1-2H3,(H,17,19)/b7-6+. The third-order valence-corrected chi connectivity index (χ3v) is 3.30. The third-order valence-electron chi connectivity index (χ3n) is 2.81. The zero-order valence-electron chi connectivity index (χ0n) is 11.3. The molecule has 0 bridgehead atoms. The molecule has 0 aromatic heterocycles. The monoisotopic (exact) mass is 325 g/mol. The molecule has 0 saturated carbocycles. The molecule has 1 amide bonds. The molecule has 104 valence electrons. The largest absolute Gasteiger partial charge is 0.396 e. The Labute approximate surface area is 122 Å². The molecule has 4 heteroatoms. The van der Waals surface area contributed by atoms with Crippen LogP contribution in [0.4, 0.5) is 0 Å². The fraction of sp³-hybridized carbons (Fsp3) is 0.400. The van der Waals surface area contributed by atoms with Gasteiger partial charge in [0, 0.05) is 23.7 Å². The molecule has 0 heterocycles. The molecule has 0 aliphatic rings. The summed E-state index contributed by atoms with van der Waals surface area (Å²) in [7, 11) is 0. The van der Waals surface area contributed by atoms with E-state index < -0.39 is 0 Å². The number of rotatable bonds is 6. The Morgan fingerprint density at radius 1 is 1.47 bits per heavy atom. The van der Waals surface area contributed by atoms with Gasteiger partial charge in [-0.05, 0) is 35.6 Å². The van der Waals surface area contributed by atoms with Gasteiger partial charge in [0.05, 0.1) is 0 Å². The summed E-state index contributed by atoms with van der Waals surface area (Å²) < 4.78 is 0.985. The molecule has 0 spiro atoms. The Bertz CT molecular complexity index is 455. The molecule has 1 aromatic carbocycles. The molecule has 1 rings (SSSR count). The minimum Gasteiger partial charge on any atom is -0.396 e. The minimum atomic E-state index is -0.119. The number of carbonyl (C=O) groups is 1. The van der Waals surface area contributed by atoms with Gasteiger partial charge in [-0.3, -0.25) is 4.79 Å². The van der Waals surface area contributed by atoms with E-state index in [4.69, 9.17) is 5.11 Å². The first-order chi connectivity index (χ1) is 8.93. The maximum Gasteiger partial charge on any atom is 0.244 e. The Morgan fingerprint density at radius 2 is 2.21 bits per heavy atom. The van der Waals surface area contributed by atoms with Gasteiger partial charge in [0.15, 0.2) is 0 Å². The van der Waals surface area contributed by atoms with Gasteiger partial charge >= 0.3 is 0 Å². The summed E-state index contributed by atoms with van der Waals surface area (Å²) >= 11 is 3.39. The highest BCUT2D eigenvalue weighted by Crippen LogP contribution is 2.18. The quantitative estimate of drug-likeness (QED) is 0.790. The first-order valence-corrected chi connectivity index (χ1v) is 7.05. The summed E-state index contributed by atoms with van der Waals surface area (Å²) in [4.78, 5) is 11.7. The van der Waals surface area contributed by atoms with Crippen LogP contribution < -0.4 is 5.32 Å². The molecule has 2 N–H and O–H groups in total. The normalized spacial score (nSPS) is 11.8. The molecule has 0 aliphatic heterocycles. The first-order valence-electron chi connectivity index (χ1n) is 6.25. The molecule has 0 radical (unpaired) electrons. The number of hydrogen-bond donors (Lipinski definition) is 2. The van der Waals surface area contributed by atoms with Gasteiger partial charge in [-0.2, -0.15) is 0 Å². The zero-order chi connectivity index (χ0) is 14.3. The molecular formula is C15H20BrNO2. The van der Waals surface area contributed by atoms with Crippen molar-refractivity contribution in [3.63, 3.8) is 0 Å². The first kappa shape index (κ1) is 15.9. The number of aliphatic hydroxyl groups excluding tert-OH is 1. The number of hydrogen-bond acceptors (Lipinski definition) is 2. The molecule has 0 aliphatic carbocycles. The maximum atomic E-state index is 11.7. The van der Waals surface area contributed by atoms with Crippen molar-refractivity contribution in [3.05, 3.63) is 40.4 Å². The summed E-state index contributed by atoms with van der Waals surface area (Å²) in [6.07, 6.45) is 3.97. The van der Waals surface area contributed by atoms with E-state index in [-0.39, 0.29) is 17.9 Å². The summed E-state index contributed by atoms with van der Waals surface area (Å²) in [5.41, 5.74) is 0.882. The highest BCUT2D eigenvalue weighted by atomic mass is 79.9. The molecule has 0 saturated heterocycles. The lowest BCUT2D eigenvalue weighted by Crippen LogP contribution is -2.33. The van der Waals surface area contributed by atoms with Crippen molar-refractivity contribution in [2.75, 3.05) is 13.2 Å². The van der Waals surface area contributed by atoms with Crippen LogP contribution in [0.3, 0.4) is 0 Å². The number of benzene rings is 1. The predicted molar refractivity (Wildman–Crippen MR) is 81.7 cm³/mol. The highest BCUT2D eigenvalue weighted by Gasteiger charge is 2.17. The van der Waals surface area contributed by atoms with Crippen LogP contribution in [-0.4, -0.2) is 24.2 Å². The van der Waals surface area contributed by atoms with Crippen LogP contribution in [0, 0.1) is 5.41 Å². The minimum absolute atomic E-state index is 0.0893. The van der Waals surface area contributed by atoms with Gasteiger partial charge in [-0.15, -0.1) is 0 Å². The smallest absolute Gasteiger partial charge is 0.244 e. The number of halogens is 1. The van der Waals surface area contributed by atoms with Gasteiger partial charge in [-0.25, -0.2) is 0 Å². The lowest BCUT2D eigenvalue weighted by Gasteiger charge is -2.23. The van der Waals surface area contributed by atoms with E-state index >= 15 is 0 Å². The molecular weight excluding hydrogens is 306 g/mol. The number of nitrogens with one attached hydrogen (secondary N) is 1. The SMILES string of the molecule is CC(C)(CCO)CNC(=O)/C=C/c1cccc(Br)c1. The molecule has 0 unspecified atom stereocenters. The second-order valence-corrected chi connectivity index (χ2v) is 6.16. The van der Waals surface area contributed by atoms with E-state index in [0.29, 0.717) is 13.0 Å². The average molecular weight is 326 g/mol. The maximum absolute atomic E-state index is 11.7. The molecule has 0 atom stereocenters. The van der Waals surface area contributed by atoms with Crippen LogP contribution in [0.1, 0.15) is 25.8 Å². The van der Waals surface area contributed by atoms with Gasteiger partial charge in [-0.1, -0.05) is 41.9 Å². The fourth-order valence-corrected chi connectivity index (χ4v) is 1.98. The Morgan fingerprint density at radius 3 is 2.84 bits per heavy atom. The fourth-order valence-electron chi connectivity index (χ4n) is 1.56. The lowest BCUT2D eigenvalue weighted by atomic mass is 9.90. The van der Waals surface area contributed by atoms with Crippen LogP contribution in [0.2, 0.25) is 0 Å². The number of carbonyl (C=O) groups excluding carboxylic acids is 1. The Kier molecular flexibility index (Phi) is 6.25. The van der Waals surface area contributed by atoms with Gasteiger partial charge < -0.3 is 10.4 Å². The van der Waals surface area contributed by atoms with Crippen molar-refractivity contribution in [1.82, 2.24) is 5.32 Å². The van der Waals surface area contributed by atoms with E-state index in [9.17, 15) is 4.79 Å². The Hall–Kier alpha value is -1.13. The van der Waals surface area contributed by atoms with E-state index in [0.717, 1.165) is 10.0 Å². The van der Waals surface area contributed by atoms with Crippen molar-refractivity contribution in [1.29, 1.82) is 0 Å². The summed E-state index contributed by atoms with van der Waals surface area (Å²) in [5, 5.41) is 11.8. The molecule has 19 heavy (non-hydrogen) atoms. The Balaban J connectivity index is 2.47. The van der Waals surface area contributed by atoms with Gasteiger partial charge in [0.1, 0.15) is 0 Å². The predicted octanol–water partition coefficient (Wildman–Crippen LogP) is 2.99. The van der Waals surface area contributed by atoms with Gasteiger partial charge in [0.25, 0.3) is 0 Å². The van der Waals surface area contributed by atoms with Crippen LogP contribution >= 0.6 is 15.9 Å². The van der Waals surface area contributed by atoms with E-state index in [1.165, 1.54) is 6.08 Å². The van der Waals surface area contributed by atoms with E-state index in [1.807, 2.05) is 38.1 Å². The lowest BCUT2D eigenvalue weighted by molar-refractivity contribution is -0.116. The topological polar surface area (TPSA) is 49.3 Å². The van der Waals surface area contributed by atoms with Crippen molar-refractivity contribution in [2.45, 2.75) is 20.3 Å². The van der Waals surface area contributed by atoms with Crippen LogP contribution in [0.25, 0.3) is 6.08 Å². The molecule has 3 nitrogen and oxygen atoms in total. The number of amides is 1. The molecule has 0 fully saturated rings. The van der Waals surface area contributed by atoms with E-state index in [1.54, 1.807) is 6.08 Å². The van der Waals surface area contributed by atoms with E-state index in [2.05, 4.69) is 21.2 Å². The molecule has 1 aromatic rings. The highest BCUT2D eigenvalue weighted by molar-refractivity contribution is 9.10. The number of aliphatic hydroxyl groups is 1. The zero-order valence-corrected chi connectivity index (χ0v) is 12.9. The van der Waals surface area contributed by atoms with Crippen LogP contribution in [0.5, 0.6) is 0 Å². The average Bonchev–Trinajstić information content (AvgIpc) is 2.34. The second-order valence-electron chi connectivity index (χ2n) is 5.24.